The lowest BCUT2D eigenvalue weighted by Crippen LogP contribution is -2.40. The highest BCUT2D eigenvalue weighted by atomic mass is 32.1. The summed E-state index contributed by atoms with van der Waals surface area (Å²) >= 11 is 1.56. The largest absolute Gasteiger partial charge is 0.378 e. The molecule has 0 aromatic carbocycles. The van der Waals surface area contributed by atoms with Gasteiger partial charge in [0.1, 0.15) is 0 Å². The minimum atomic E-state index is 0.0216. The minimum absolute atomic E-state index is 0.0216. The highest BCUT2D eigenvalue weighted by Crippen LogP contribution is 2.25. The number of amides is 1. The second kappa shape index (κ2) is 5.68. The van der Waals surface area contributed by atoms with Crippen LogP contribution >= 0.6 is 11.3 Å². The quantitative estimate of drug-likeness (QED) is 0.848. The third-order valence-electron chi connectivity index (χ3n) is 3.29. The fraction of sp³-hybridized carbons (Fsp3) is 0.357. The van der Waals surface area contributed by atoms with Crippen molar-refractivity contribution in [3.63, 3.8) is 0 Å². The van der Waals surface area contributed by atoms with E-state index in [1.807, 2.05) is 19.1 Å². The summed E-state index contributed by atoms with van der Waals surface area (Å²) < 4.78 is 5.25. The van der Waals surface area contributed by atoms with Gasteiger partial charge in [-0.15, -0.1) is 11.3 Å². The maximum atomic E-state index is 12.3. The Morgan fingerprint density at radius 1 is 1.30 bits per heavy atom. The zero-order valence-corrected chi connectivity index (χ0v) is 12.0. The second-order valence-corrected chi connectivity index (χ2v) is 5.46. The van der Waals surface area contributed by atoms with Crippen molar-refractivity contribution in [1.29, 1.82) is 0 Å². The monoisotopic (exact) mass is 289 g/mol. The fourth-order valence-electron chi connectivity index (χ4n) is 2.15. The first-order valence-corrected chi connectivity index (χ1v) is 7.37. The van der Waals surface area contributed by atoms with Gasteiger partial charge < -0.3 is 9.64 Å². The van der Waals surface area contributed by atoms with Gasteiger partial charge in [0.15, 0.2) is 0 Å². The number of carbonyl (C=O) groups excluding carboxylic acids is 1. The van der Waals surface area contributed by atoms with Gasteiger partial charge in [0, 0.05) is 19.3 Å². The molecule has 0 saturated carbocycles. The average molecular weight is 289 g/mol. The minimum Gasteiger partial charge on any atom is -0.378 e. The number of aromatic nitrogens is 2. The predicted octanol–water partition coefficient (Wildman–Crippen LogP) is 1.99. The number of carbonyl (C=O) groups is 1. The van der Waals surface area contributed by atoms with Crippen LogP contribution in [0.25, 0.3) is 10.6 Å². The van der Waals surface area contributed by atoms with E-state index in [0.717, 1.165) is 16.3 Å². The third kappa shape index (κ3) is 2.57. The zero-order chi connectivity index (χ0) is 13.9. The summed E-state index contributed by atoms with van der Waals surface area (Å²) in [6.45, 7) is 4.47. The van der Waals surface area contributed by atoms with Gasteiger partial charge in [-0.1, -0.05) is 0 Å². The van der Waals surface area contributed by atoms with E-state index >= 15 is 0 Å². The smallest absolute Gasteiger partial charge is 0.255 e. The molecule has 0 atom stereocenters. The molecule has 1 aliphatic heterocycles. The summed E-state index contributed by atoms with van der Waals surface area (Å²) in [6.07, 6.45) is 1.65. The van der Waals surface area contributed by atoms with Crippen LogP contribution in [0.2, 0.25) is 0 Å². The van der Waals surface area contributed by atoms with Crippen molar-refractivity contribution < 1.29 is 9.53 Å². The van der Waals surface area contributed by atoms with Gasteiger partial charge in [0.25, 0.3) is 5.91 Å². The summed E-state index contributed by atoms with van der Waals surface area (Å²) in [4.78, 5) is 23.7. The molecule has 1 saturated heterocycles. The number of ether oxygens (including phenoxy) is 1. The molecule has 0 radical (unpaired) electrons. The normalized spacial score (nSPS) is 15.3. The predicted molar refractivity (Wildman–Crippen MR) is 76.8 cm³/mol. The molecule has 0 N–H and O–H groups in total. The highest BCUT2D eigenvalue weighted by molar-refractivity contribution is 7.13. The standard InChI is InChI=1S/C14H15N3O2S/c1-10-13(20-9-16-10)12-3-2-11(8-15-12)14(18)17-4-6-19-7-5-17/h2-3,8-9H,4-7H2,1H3. The maximum Gasteiger partial charge on any atom is 0.255 e. The Morgan fingerprint density at radius 3 is 2.70 bits per heavy atom. The van der Waals surface area contributed by atoms with Crippen molar-refractivity contribution in [2.45, 2.75) is 6.92 Å². The summed E-state index contributed by atoms with van der Waals surface area (Å²) in [6, 6.07) is 3.72. The van der Waals surface area contributed by atoms with E-state index < -0.39 is 0 Å². The van der Waals surface area contributed by atoms with Gasteiger partial charge >= 0.3 is 0 Å². The van der Waals surface area contributed by atoms with Crippen LogP contribution in [0, 0.1) is 6.92 Å². The molecule has 3 heterocycles. The Morgan fingerprint density at radius 2 is 2.10 bits per heavy atom. The topological polar surface area (TPSA) is 55.3 Å². The second-order valence-electron chi connectivity index (χ2n) is 4.60. The summed E-state index contributed by atoms with van der Waals surface area (Å²) in [7, 11) is 0. The van der Waals surface area contributed by atoms with Crippen LogP contribution in [0.1, 0.15) is 16.1 Å². The molecule has 2 aromatic heterocycles. The van der Waals surface area contributed by atoms with Crippen LogP contribution in [0.15, 0.2) is 23.8 Å². The number of thiazole rings is 1. The maximum absolute atomic E-state index is 12.3. The lowest BCUT2D eigenvalue weighted by atomic mass is 10.2. The van der Waals surface area contributed by atoms with E-state index in [1.54, 1.807) is 27.9 Å². The van der Waals surface area contributed by atoms with Crippen LogP contribution in [0.5, 0.6) is 0 Å². The first kappa shape index (κ1) is 13.2. The molecule has 0 aliphatic carbocycles. The van der Waals surface area contributed by atoms with Gasteiger partial charge in [0.05, 0.1) is 40.6 Å². The van der Waals surface area contributed by atoms with Gasteiger partial charge in [-0.25, -0.2) is 4.98 Å². The van der Waals surface area contributed by atoms with Crippen molar-refractivity contribution in [2.75, 3.05) is 26.3 Å². The van der Waals surface area contributed by atoms with E-state index in [0.29, 0.717) is 31.9 Å². The number of nitrogens with zero attached hydrogens (tertiary/aromatic N) is 3. The number of aryl methyl sites for hydroxylation is 1. The first-order chi connectivity index (χ1) is 9.75. The molecule has 1 amide bonds. The molecular formula is C14H15N3O2S. The summed E-state index contributed by atoms with van der Waals surface area (Å²) in [5, 5.41) is 0. The Kier molecular flexibility index (Phi) is 3.75. The van der Waals surface area contributed by atoms with Crippen molar-refractivity contribution in [1.82, 2.24) is 14.9 Å². The Labute approximate surface area is 121 Å². The van der Waals surface area contributed by atoms with Crippen molar-refractivity contribution >= 4 is 17.2 Å². The lowest BCUT2D eigenvalue weighted by molar-refractivity contribution is 0.0302. The number of hydrogen-bond donors (Lipinski definition) is 0. The summed E-state index contributed by atoms with van der Waals surface area (Å²) in [5.74, 6) is 0.0216. The van der Waals surface area contributed by atoms with Crippen LogP contribution < -0.4 is 0 Å². The van der Waals surface area contributed by atoms with Crippen LogP contribution in [0.3, 0.4) is 0 Å². The average Bonchev–Trinajstić information content (AvgIpc) is 2.94. The van der Waals surface area contributed by atoms with Crippen molar-refractivity contribution in [3.8, 4) is 10.6 Å². The molecule has 1 fully saturated rings. The SMILES string of the molecule is Cc1ncsc1-c1ccc(C(=O)N2CCOCC2)cn1. The molecule has 5 nitrogen and oxygen atoms in total. The number of rotatable bonds is 2. The van der Waals surface area contributed by atoms with Gasteiger partial charge in [-0.3, -0.25) is 9.78 Å². The third-order valence-corrected chi connectivity index (χ3v) is 4.24. The van der Waals surface area contributed by atoms with Crippen LogP contribution in [-0.4, -0.2) is 47.1 Å². The van der Waals surface area contributed by atoms with Gasteiger partial charge in [0.2, 0.25) is 0 Å². The molecular weight excluding hydrogens is 274 g/mol. The highest BCUT2D eigenvalue weighted by Gasteiger charge is 2.19. The molecule has 3 rings (SSSR count). The van der Waals surface area contributed by atoms with Crippen molar-refractivity contribution in [2.24, 2.45) is 0 Å². The molecule has 6 heteroatoms. The molecule has 20 heavy (non-hydrogen) atoms. The molecule has 1 aliphatic rings. The Balaban J connectivity index is 1.79. The zero-order valence-electron chi connectivity index (χ0n) is 11.2. The number of hydrogen-bond acceptors (Lipinski definition) is 5. The molecule has 0 spiro atoms. The fourth-order valence-corrected chi connectivity index (χ4v) is 2.93. The van der Waals surface area contributed by atoms with Crippen LogP contribution in [-0.2, 0) is 4.74 Å². The van der Waals surface area contributed by atoms with E-state index in [1.165, 1.54) is 0 Å². The molecule has 2 aromatic rings. The van der Waals surface area contributed by atoms with E-state index in [4.69, 9.17) is 4.74 Å². The first-order valence-electron chi connectivity index (χ1n) is 6.49. The number of morpholine rings is 1. The van der Waals surface area contributed by atoms with Gasteiger partial charge in [-0.05, 0) is 19.1 Å². The van der Waals surface area contributed by atoms with E-state index in [2.05, 4.69) is 9.97 Å². The summed E-state index contributed by atoms with van der Waals surface area (Å²) in [5.41, 5.74) is 4.26. The number of pyridine rings is 1. The molecule has 0 bridgehead atoms. The van der Waals surface area contributed by atoms with Crippen LogP contribution in [0.4, 0.5) is 0 Å². The van der Waals surface area contributed by atoms with E-state index in [-0.39, 0.29) is 5.91 Å². The van der Waals surface area contributed by atoms with Gasteiger partial charge in [-0.2, -0.15) is 0 Å². The molecule has 104 valence electrons. The van der Waals surface area contributed by atoms with Crippen molar-refractivity contribution in [3.05, 3.63) is 35.1 Å². The lowest BCUT2D eigenvalue weighted by Gasteiger charge is -2.26. The Bertz CT molecular complexity index is 603. The molecule has 0 unspecified atom stereocenters. The Hall–Kier alpha value is -1.79. The van der Waals surface area contributed by atoms with E-state index in [9.17, 15) is 4.79 Å².